The maximum Gasteiger partial charge on any atom is 0.163 e. The van der Waals surface area contributed by atoms with Crippen molar-refractivity contribution < 1.29 is 0 Å². The number of benzene rings is 2. The van der Waals surface area contributed by atoms with Gasteiger partial charge in [-0.05, 0) is 48.5 Å². The zero-order valence-electron chi connectivity index (χ0n) is 16.8. The van der Waals surface area contributed by atoms with E-state index in [1.807, 2.05) is 41.8 Å². The van der Waals surface area contributed by atoms with Crippen molar-refractivity contribution in [3.05, 3.63) is 91.5 Å². The molecule has 6 heteroatoms. The minimum Gasteiger partial charge on any atom is -0.292 e. The molecule has 7 aromatic rings. The largest absolute Gasteiger partial charge is 0.292 e. The molecule has 0 saturated carbocycles. The summed E-state index contributed by atoms with van der Waals surface area (Å²) in [5.74, 6) is 1.46. The van der Waals surface area contributed by atoms with Crippen molar-refractivity contribution in [1.82, 2.24) is 24.5 Å². The third kappa shape index (κ3) is 2.50. The average molecular weight is 430 g/mol. The Kier molecular flexibility index (Phi) is 3.65. The van der Waals surface area contributed by atoms with Gasteiger partial charge in [-0.1, -0.05) is 18.2 Å². The Labute approximate surface area is 186 Å². The van der Waals surface area contributed by atoms with Gasteiger partial charge < -0.3 is 0 Å². The molecule has 0 aliphatic rings. The summed E-state index contributed by atoms with van der Waals surface area (Å²) in [6.45, 7) is 0. The highest BCUT2D eigenvalue weighted by Crippen LogP contribution is 2.39. The molecule has 0 atom stereocenters. The molecule has 0 aliphatic heterocycles. The predicted octanol–water partition coefficient (Wildman–Crippen LogP) is 6.40. The van der Waals surface area contributed by atoms with Crippen LogP contribution in [0, 0.1) is 0 Å². The number of hydrogen-bond donors (Lipinski definition) is 0. The fourth-order valence-corrected chi connectivity index (χ4v) is 5.53. The van der Waals surface area contributed by atoms with Crippen molar-refractivity contribution in [2.45, 2.75) is 0 Å². The van der Waals surface area contributed by atoms with E-state index in [9.17, 15) is 0 Å². The van der Waals surface area contributed by atoms with Crippen LogP contribution in [0.5, 0.6) is 0 Å². The Morgan fingerprint density at radius 2 is 1.62 bits per heavy atom. The van der Waals surface area contributed by atoms with Gasteiger partial charge in [0.25, 0.3) is 0 Å². The van der Waals surface area contributed by atoms with E-state index in [0.717, 1.165) is 33.3 Å². The highest BCUT2D eigenvalue weighted by molar-refractivity contribution is 7.25. The molecule has 0 amide bonds. The Bertz CT molecular complexity index is 1780. The fraction of sp³-hybridized carbons (Fsp3) is 0. The molecule has 0 radical (unpaired) electrons. The van der Waals surface area contributed by atoms with E-state index in [2.05, 4.69) is 57.0 Å². The molecular formula is C26H15N5S. The van der Waals surface area contributed by atoms with Crippen molar-refractivity contribution >= 4 is 53.4 Å². The van der Waals surface area contributed by atoms with Crippen LogP contribution < -0.4 is 0 Å². The van der Waals surface area contributed by atoms with Crippen molar-refractivity contribution in [2.24, 2.45) is 0 Å². The molecule has 2 aromatic carbocycles. The second-order valence-corrected chi connectivity index (χ2v) is 8.73. The van der Waals surface area contributed by atoms with Crippen molar-refractivity contribution in [1.29, 1.82) is 0 Å². The van der Waals surface area contributed by atoms with E-state index in [1.54, 1.807) is 18.6 Å². The maximum atomic E-state index is 4.90. The number of aromatic nitrogens is 5. The van der Waals surface area contributed by atoms with Crippen LogP contribution in [0.1, 0.15) is 0 Å². The van der Waals surface area contributed by atoms with Gasteiger partial charge in [0.15, 0.2) is 5.82 Å². The van der Waals surface area contributed by atoms with E-state index in [4.69, 9.17) is 9.97 Å². The predicted molar refractivity (Wildman–Crippen MR) is 130 cm³/mol. The van der Waals surface area contributed by atoms with Gasteiger partial charge >= 0.3 is 0 Å². The molecule has 0 unspecified atom stereocenters. The molecule has 150 valence electrons. The van der Waals surface area contributed by atoms with E-state index in [-0.39, 0.29) is 0 Å². The third-order valence-corrected chi connectivity index (χ3v) is 6.94. The lowest BCUT2D eigenvalue weighted by Gasteiger charge is -2.08. The van der Waals surface area contributed by atoms with E-state index < -0.39 is 0 Å². The molecule has 5 aromatic heterocycles. The number of thiophene rings is 1. The number of pyridine rings is 2. The van der Waals surface area contributed by atoms with E-state index in [1.165, 1.54) is 20.2 Å². The first-order valence-corrected chi connectivity index (χ1v) is 11.1. The van der Waals surface area contributed by atoms with Crippen molar-refractivity contribution in [3.8, 4) is 17.2 Å². The second kappa shape index (κ2) is 6.67. The Balaban J connectivity index is 1.57. The van der Waals surface area contributed by atoms with Gasteiger partial charge in [-0.15, -0.1) is 11.3 Å². The van der Waals surface area contributed by atoms with Crippen LogP contribution in [0.15, 0.2) is 91.5 Å². The van der Waals surface area contributed by atoms with Gasteiger partial charge in [0, 0.05) is 55.9 Å². The molecule has 0 fully saturated rings. The summed E-state index contributed by atoms with van der Waals surface area (Å²) in [5.41, 5.74) is 3.98. The normalized spacial score (nSPS) is 11.8. The summed E-state index contributed by atoms with van der Waals surface area (Å²) in [6.07, 6.45) is 7.19. The van der Waals surface area contributed by atoms with E-state index in [0.29, 0.717) is 5.82 Å². The molecule has 5 heterocycles. The fourth-order valence-electron chi connectivity index (χ4n) is 4.40. The van der Waals surface area contributed by atoms with Crippen LogP contribution in [-0.4, -0.2) is 24.5 Å². The monoisotopic (exact) mass is 429 g/mol. The topological polar surface area (TPSA) is 56.5 Å². The molecule has 0 aliphatic carbocycles. The molecule has 5 nitrogen and oxygen atoms in total. The minimum absolute atomic E-state index is 0.650. The van der Waals surface area contributed by atoms with Crippen LogP contribution in [0.25, 0.3) is 59.3 Å². The highest BCUT2D eigenvalue weighted by atomic mass is 32.1. The van der Waals surface area contributed by atoms with Gasteiger partial charge in [-0.2, -0.15) is 0 Å². The summed E-state index contributed by atoms with van der Waals surface area (Å²) in [4.78, 5) is 18.3. The quantitative estimate of drug-likeness (QED) is 0.319. The Morgan fingerprint density at radius 3 is 2.56 bits per heavy atom. The summed E-state index contributed by atoms with van der Waals surface area (Å²) in [6, 6.07) is 23.0. The van der Waals surface area contributed by atoms with Crippen LogP contribution in [0.3, 0.4) is 0 Å². The summed E-state index contributed by atoms with van der Waals surface area (Å²) < 4.78 is 4.73. The van der Waals surface area contributed by atoms with Crippen LogP contribution >= 0.6 is 11.3 Å². The van der Waals surface area contributed by atoms with Crippen LogP contribution in [-0.2, 0) is 0 Å². The maximum absolute atomic E-state index is 4.90. The van der Waals surface area contributed by atoms with E-state index >= 15 is 0 Å². The first kappa shape index (κ1) is 17.5. The summed E-state index contributed by atoms with van der Waals surface area (Å²) >= 11 is 1.82. The molecule has 0 bridgehead atoms. The first-order chi connectivity index (χ1) is 15.9. The Hall–Kier alpha value is -4.16. The lowest BCUT2D eigenvalue weighted by molar-refractivity contribution is 1.04. The van der Waals surface area contributed by atoms with Gasteiger partial charge in [0.1, 0.15) is 5.82 Å². The second-order valence-electron chi connectivity index (χ2n) is 7.65. The molecule has 7 rings (SSSR count). The number of rotatable bonds is 2. The summed E-state index contributed by atoms with van der Waals surface area (Å²) in [7, 11) is 0. The molecule has 0 saturated heterocycles. The third-order valence-electron chi connectivity index (χ3n) is 5.81. The first-order valence-electron chi connectivity index (χ1n) is 10.3. The minimum atomic E-state index is 0.650. The zero-order valence-corrected chi connectivity index (χ0v) is 17.6. The number of hydrogen-bond acceptors (Lipinski definition) is 5. The van der Waals surface area contributed by atoms with Crippen LogP contribution in [0.2, 0.25) is 0 Å². The molecule has 32 heavy (non-hydrogen) atoms. The molecule has 0 spiro atoms. The standard InChI is InChI=1S/C26H15N5S/c1-2-8-22-17(6-1)18-13-19-21(14-23(18)32-22)31(20-7-4-11-28-25(19)20)24-9-12-29-26(30-24)16-5-3-10-27-15-16/h1-15H. The van der Waals surface area contributed by atoms with Gasteiger partial charge in [0.2, 0.25) is 0 Å². The highest BCUT2D eigenvalue weighted by Gasteiger charge is 2.17. The summed E-state index contributed by atoms with van der Waals surface area (Å²) in [5, 5.41) is 3.67. The SMILES string of the molecule is c1cncc(-c2nccc(-n3c4cc5sc6ccccc6c5cc4c4ncccc43)n2)c1. The molecular weight excluding hydrogens is 414 g/mol. The lowest BCUT2D eigenvalue weighted by Crippen LogP contribution is -2.00. The lowest BCUT2D eigenvalue weighted by atomic mass is 10.1. The molecule has 0 N–H and O–H groups in total. The smallest absolute Gasteiger partial charge is 0.163 e. The van der Waals surface area contributed by atoms with Gasteiger partial charge in [-0.3, -0.25) is 14.5 Å². The van der Waals surface area contributed by atoms with Crippen LogP contribution in [0.4, 0.5) is 0 Å². The zero-order chi connectivity index (χ0) is 21.1. The van der Waals surface area contributed by atoms with Gasteiger partial charge in [-0.25, -0.2) is 9.97 Å². The van der Waals surface area contributed by atoms with Crippen molar-refractivity contribution in [2.75, 3.05) is 0 Å². The number of nitrogens with zero attached hydrogens (tertiary/aromatic N) is 5. The number of fused-ring (bicyclic) bond motifs is 6. The van der Waals surface area contributed by atoms with Crippen molar-refractivity contribution in [3.63, 3.8) is 0 Å². The Morgan fingerprint density at radius 1 is 0.688 bits per heavy atom. The van der Waals surface area contributed by atoms with Gasteiger partial charge in [0.05, 0.1) is 16.6 Å². The average Bonchev–Trinajstić information content (AvgIpc) is 3.38.